The van der Waals surface area contributed by atoms with E-state index >= 15 is 0 Å². The molecule has 1 rings (SSSR count). The van der Waals surface area contributed by atoms with Gasteiger partial charge >= 0.3 is 0 Å². The average molecular weight is 200 g/mol. The van der Waals surface area contributed by atoms with Crippen LogP contribution in [0.1, 0.15) is 9.67 Å². The molecule has 1 aromatic heterocycles. The van der Waals surface area contributed by atoms with Crippen molar-refractivity contribution in [2.45, 2.75) is 0 Å². The monoisotopic (exact) mass is 200 g/mol. The van der Waals surface area contributed by atoms with Gasteiger partial charge in [-0.2, -0.15) is 0 Å². The number of thiazole rings is 1. The Morgan fingerprint density at radius 2 is 2.62 bits per heavy atom. The second-order valence-corrected chi connectivity index (χ2v) is 3.23. The molecule has 0 saturated heterocycles. The fourth-order valence-corrected chi connectivity index (χ4v) is 1.33. The molecule has 0 bridgehead atoms. The first-order chi connectivity index (χ1) is 6.26. The highest BCUT2D eigenvalue weighted by atomic mass is 32.1. The first kappa shape index (κ1) is 9.82. The number of hydrogen-bond donors (Lipinski definition) is 1. The van der Waals surface area contributed by atoms with E-state index < -0.39 is 0 Å². The van der Waals surface area contributed by atoms with Crippen molar-refractivity contribution < 1.29 is 14.3 Å². The highest BCUT2D eigenvalue weighted by molar-refractivity contribution is 7.17. The van der Waals surface area contributed by atoms with Crippen LogP contribution in [0.3, 0.4) is 0 Å². The maximum absolute atomic E-state index is 11.0. The highest BCUT2D eigenvalue weighted by Gasteiger charge is 2.04. The number of nitrogens with zero attached hydrogens (tertiary/aromatic N) is 1. The molecule has 0 aliphatic rings. The fourth-order valence-electron chi connectivity index (χ4n) is 0.685. The van der Waals surface area contributed by atoms with Gasteiger partial charge in [-0.25, -0.2) is 4.98 Å². The van der Waals surface area contributed by atoms with Gasteiger partial charge in [-0.3, -0.25) is 14.9 Å². The summed E-state index contributed by atoms with van der Waals surface area (Å²) in [6.45, 7) is -0.0179. The first-order valence-corrected chi connectivity index (χ1v) is 4.27. The number of rotatable bonds is 4. The molecule has 1 aromatic rings. The van der Waals surface area contributed by atoms with Crippen molar-refractivity contribution in [3.63, 3.8) is 0 Å². The minimum absolute atomic E-state index is 0.0179. The van der Waals surface area contributed by atoms with E-state index in [2.05, 4.69) is 15.0 Å². The van der Waals surface area contributed by atoms with Gasteiger partial charge in [0.15, 0.2) is 11.4 Å². The molecule has 0 spiro atoms. The van der Waals surface area contributed by atoms with Crippen LogP contribution in [0.25, 0.3) is 0 Å². The lowest BCUT2D eigenvalue weighted by Gasteiger charge is -1.97. The number of methoxy groups -OCH3 is 1. The predicted octanol–water partition coefficient (Wildman–Crippen LogP) is 0.540. The Kier molecular flexibility index (Phi) is 3.53. The van der Waals surface area contributed by atoms with Gasteiger partial charge in [-0.15, -0.1) is 0 Å². The number of nitrogens with one attached hydrogen (secondary N) is 1. The van der Waals surface area contributed by atoms with Crippen molar-refractivity contribution in [2.75, 3.05) is 19.0 Å². The molecule has 1 amide bonds. The zero-order valence-corrected chi connectivity index (χ0v) is 7.76. The Morgan fingerprint density at radius 3 is 3.15 bits per heavy atom. The Bertz CT molecular complexity index is 310. The molecule has 0 aliphatic heterocycles. The van der Waals surface area contributed by atoms with Crippen LogP contribution >= 0.6 is 11.3 Å². The molecule has 0 aromatic carbocycles. The number of anilines is 1. The molecule has 0 atom stereocenters. The Labute approximate surface area is 78.7 Å². The normalized spacial score (nSPS) is 9.62. The van der Waals surface area contributed by atoms with Crippen LogP contribution in [0.2, 0.25) is 0 Å². The largest absolute Gasteiger partial charge is 0.375 e. The summed E-state index contributed by atoms with van der Waals surface area (Å²) in [5.74, 6) is -0.283. The van der Waals surface area contributed by atoms with Crippen LogP contribution in [-0.2, 0) is 9.53 Å². The van der Waals surface area contributed by atoms with Gasteiger partial charge < -0.3 is 4.74 Å². The number of ether oxygens (including phenoxy) is 1. The lowest BCUT2D eigenvalue weighted by Crippen LogP contribution is -2.16. The quantitative estimate of drug-likeness (QED) is 0.720. The van der Waals surface area contributed by atoms with Crippen molar-refractivity contribution >= 4 is 28.7 Å². The van der Waals surface area contributed by atoms with Gasteiger partial charge in [-0.05, 0) is 0 Å². The molecule has 1 N–H and O–H groups in total. The van der Waals surface area contributed by atoms with E-state index in [9.17, 15) is 9.59 Å². The van der Waals surface area contributed by atoms with Crippen LogP contribution in [0.4, 0.5) is 5.13 Å². The van der Waals surface area contributed by atoms with Crippen molar-refractivity contribution in [2.24, 2.45) is 0 Å². The number of amides is 1. The molecule has 13 heavy (non-hydrogen) atoms. The minimum Gasteiger partial charge on any atom is -0.375 e. The molecular formula is C7H8N2O3S. The molecule has 70 valence electrons. The summed E-state index contributed by atoms with van der Waals surface area (Å²) >= 11 is 1.12. The molecule has 0 fully saturated rings. The summed E-state index contributed by atoms with van der Waals surface area (Å²) in [6.07, 6.45) is 2.09. The van der Waals surface area contributed by atoms with Crippen molar-refractivity contribution in [3.8, 4) is 0 Å². The summed E-state index contributed by atoms with van der Waals surface area (Å²) in [5, 5.41) is 2.89. The zero-order chi connectivity index (χ0) is 9.68. The van der Waals surface area contributed by atoms with Gasteiger partial charge in [0, 0.05) is 7.11 Å². The third-order valence-electron chi connectivity index (χ3n) is 1.16. The maximum atomic E-state index is 11.0. The molecule has 0 aliphatic carbocycles. The Balaban J connectivity index is 2.53. The summed E-state index contributed by atoms with van der Waals surface area (Å²) in [4.78, 5) is 25.5. The fraction of sp³-hybridized carbons (Fsp3) is 0.286. The van der Waals surface area contributed by atoms with Crippen LogP contribution in [0.5, 0.6) is 0 Å². The van der Waals surface area contributed by atoms with E-state index in [1.807, 2.05) is 0 Å². The van der Waals surface area contributed by atoms with Crippen molar-refractivity contribution in [1.29, 1.82) is 0 Å². The summed E-state index contributed by atoms with van der Waals surface area (Å²) < 4.78 is 4.60. The highest BCUT2D eigenvalue weighted by Crippen LogP contribution is 2.15. The number of aromatic nitrogens is 1. The Hall–Kier alpha value is -1.27. The van der Waals surface area contributed by atoms with E-state index in [0.29, 0.717) is 16.3 Å². The number of carbonyl (C=O) groups excluding carboxylic acids is 2. The van der Waals surface area contributed by atoms with E-state index in [0.717, 1.165) is 11.3 Å². The van der Waals surface area contributed by atoms with Crippen molar-refractivity contribution in [3.05, 3.63) is 11.1 Å². The molecule has 1 heterocycles. The van der Waals surface area contributed by atoms with Gasteiger partial charge in [0.05, 0.1) is 11.1 Å². The smallest absolute Gasteiger partial charge is 0.252 e. The SMILES string of the molecule is COCC(=O)Nc1ncc(C=O)s1. The second kappa shape index (κ2) is 4.68. The summed E-state index contributed by atoms with van der Waals surface area (Å²) in [5.41, 5.74) is 0. The van der Waals surface area contributed by atoms with E-state index in [4.69, 9.17) is 0 Å². The van der Waals surface area contributed by atoms with Gasteiger partial charge in [0.2, 0.25) is 0 Å². The number of carbonyl (C=O) groups is 2. The average Bonchev–Trinajstić information content (AvgIpc) is 2.52. The lowest BCUT2D eigenvalue weighted by molar-refractivity contribution is -0.119. The molecule has 6 heteroatoms. The van der Waals surface area contributed by atoms with Gasteiger partial charge in [0.1, 0.15) is 6.61 Å². The Morgan fingerprint density at radius 1 is 1.85 bits per heavy atom. The van der Waals surface area contributed by atoms with Crippen molar-refractivity contribution in [1.82, 2.24) is 4.98 Å². The molecule has 5 nitrogen and oxygen atoms in total. The van der Waals surface area contributed by atoms with Crippen LogP contribution in [0, 0.1) is 0 Å². The third-order valence-corrected chi connectivity index (χ3v) is 2.00. The maximum Gasteiger partial charge on any atom is 0.252 e. The van der Waals surface area contributed by atoms with E-state index in [-0.39, 0.29) is 12.5 Å². The van der Waals surface area contributed by atoms with Crippen LogP contribution < -0.4 is 5.32 Å². The number of aldehydes is 1. The molecule has 0 unspecified atom stereocenters. The molecular weight excluding hydrogens is 192 g/mol. The molecule has 0 radical (unpaired) electrons. The summed E-state index contributed by atoms with van der Waals surface area (Å²) in [7, 11) is 1.43. The minimum atomic E-state index is -0.283. The second-order valence-electron chi connectivity index (χ2n) is 2.17. The third kappa shape index (κ3) is 2.92. The summed E-state index contributed by atoms with van der Waals surface area (Å²) in [6, 6.07) is 0. The molecule has 0 saturated carbocycles. The number of hydrogen-bond acceptors (Lipinski definition) is 5. The van der Waals surface area contributed by atoms with E-state index in [1.165, 1.54) is 13.3 Å². The predicted molar refractivity (Wildman–Crippen MR) is 48.0 cm³/mol. The lowest BCUT2D eigenvalue weighted by atomic mass is 10.6. The zero-order valence-electron chi connectivity index (χ0n) is 6.94. The van der Waals surface area contributed by atoms with E-state index in [1.54, 1.807) is 0 Å². The topological polar surface area (TPSA) is 68.3 Å². The van der Waals surface area contributed by atoms with Gasteiger partial charge in [-0.1, -0.05) is 11.3 Å². The first-order valence-electron chi connectivity index (χ1n) is 3.46. The van der Waals surface area contributed by atoms with Gasteiger partial charge in [0.25, 0.3) is 5.91 Å². The standard InChI is InChI=1S/C7H8N2O3S/c1-12-4-6(11)9-7-8-2-5(3-10)13-7/h2-3H,4H2,1H3,(H,8,9,11). The van der Waals surface area contributed by atoms with Crippen LogP contribution in [-0.4, -0.2) is 30.9 Å². The van der Waals surface area contributed by atoms with Crippen LogP contribution in [0.15, 0.2) is 6.20 Å².